The van der Waals surface area contributed by atoms with Gasteiger partial charge in [0, 0.05) is 7.11 Å². The minimum Gasteiger partial charge on any atom is -0.481 e. The van der Waals surface area contributed by atoms with E-state index >= 15 is 0 Å². The van der Waals surface area contributed by atoms with E-state index in [2.05, 4.69) is 0 Å². The molecule has 3 N–H and O–H groups in total. The number of hydrogen-bond acceptors (Lipinski definition) is 3. The molecular weight excluding hydrogens is 158 g/mol. The molecule has 0 aromatic rings. The molecule has 0 unspecified atom stereocenters. The molecule has 0 aromatic carbocycles. The molecule has 0 bridgehead atoms. The van der Waals surface area contributed by atoms with Crippen molar-refractivity contribution in [3.63, 3.8) is 0 Å². The van der Waals surface area contributed by atoms with Crippen LogP contribution in [0.5, 0.6) is 0 Å². The van der Waals surface area contributed by atoms with Gasteiger partial charge in [-0.25, -0.2) is 0 Å². The highest BCUT2D eigenvalue weighted by atomic mass is 16.5. The zero-order valence-corrected chi connectivity index (χ0v) is 6.73. The van der Waals surface area contributed by atoms with Gasteiger partial charge in [-0.15, -0.1) is 0 Å². The van der Waals surface area contributed by atoms with Crippen LogP contribution in [0.25, 0.3) is 0 Å². The zero-order valence-electron chi connectivity index (χ0n) is 6.73. The number of carboxylic acid groups (broad SMARTS) is 1. The number of carbonyl (C=O) groups is 1. The van der Waals surface area contributed by atoms with Crippen molar-refractivity contribution in [1.29, 1.82) is 0 Å². The lowest BCUT2D eigenvalue weighted by Crippen LogP contribution is -2.39. The number of hydrogen-bond donors (Lipinski definition) is 2. The Hall–Kier alpha value is -1.13. The second-order valence-electron chi connectivity index (χ2n) is 2.64. The molecule has 0 saturated heterocycles. The monoisotopic (exact) mass is 169 g/mol. The van der Waals surface area contributed by atoms with Gasteiger partial charge in [0.25, 0.3) is 0 Å². The lowest BCUT2D eigenvalue weighted by atomic mass is 9.99. The highest BCUT2D eigenvalue weighted by Crippen LogP contribution is 2.16. The molecule has 0 fully saturated rings. The van der Waals surface area contributed by atoms with Gasteiger partial charge in [-0.05, 0) is 12.2 Å². The van der Waals surface area contributed by atoms with Gasteiger partial charge in [-0.2, -0.15) is 0 Å². The normalized spacial score (nSPS) is 33.7. The van der Waals surface area contributed by atoms with Crippen molar-refractivity contribution >= 4 is 5.97 Å². The molecule has 0 aliphatic heterocycles. The van der Waals surface area contributed by atoms with Crippen molar-refractivity contribution in [1.82, 2.24) is 0 Å². The number of nitrogens with two attached hydrogens (primary N) is 1. The van der Waals surface area contributed by atoms with E-state index in [9.17, 15) is 4.79 Å². The minimum atomic E-state index is -0.939. The molecule has 1 aliphatic rings. The Morgan fingerprint density at radius 3 is 2.42 bits per heavy atom. The van der Waals surface area contributed by atoms with E-state index in [1.807, 2.05) is 0 Å². The van der Waals surface area contributed by atoms with E-state index in [1.165, 1.54) is 31.4 Å². The predicted molar refractivity (Wildman–Crippen MR) is 43.3 cm³/mol. The van der Waals surface area contributed by atoms with Gasteiger partial charge in [-0.1, -0.05) is 12.2 Å². The second kappa shape index (κ2) is 3.08. The smallest absolute Gasteiger partial charge is 0.314 e. The van der Waals surface area contributed by atoms with E-state index in [-0.39, 0.29) is 0 Å². The van der Waals surface area contributed by atoms with E-state index in [1.54, 1.807) is 0 Å². The van der Waals surface area contributed by atoms with Crippen LogP contribution in [0.2, 0.25) is 0 Å². The summed E-state index contributed by atoms with van der Waals surface area (Å²) in [6, 6.07) is 0. The summed E-state index contributed by atoms with van der Waals surface area (Å²) in [7, 11) is 1.47. The number of carboxylic acids is 1. The van der Waals surface area contributed by atoms with Gasteiger partial charge in [0.05, 0.1) is 5.92 Å². The van der Waals surface area contributed by atoms with Gasteiger partial charge >= 0.3 is 5.97 Å². The first-order chi connectivity index (χ1) is 5.57. The third-order valence-electron chi connectivity index (χ3n) is 1.77. The summed E-state index contributed by atoms with van der Waals surface area (Å²) in [6.07, 6.45) is 6.08. The molecule has 4 heteroatoms. The minimum absolute atomic E-state index is 0.586. The summed E-state index contributed by atoms with van der Waals surface area (Å²) >= 11 is 0. The maximum absolute atomic E-state index is 10.5. The zero-order chi connectivity index (χ0) is 9.19. The predicted octanol–water partition coefficient (Wildman–Crippen LogP) is 0.115. The van der Waals surface area contributed by atoms with Crippen LogP contribution >= 0.6 is 0 Å². The largest absolute Gasteiger partial charge is 0.481 e. The summed E-state index contributed by atoms with van der Waals surface area (Å²) < 4.78 is 4.92. The van der Waals surface area contributed by atoms with E-state index in [0.29, 0.717) is 0 Å². The fourth-order valence-electron chi connectivity index (χ4n) is 0.929. The first kappa shape index (κ1) is 8.96. The number of ether oxygens (including phenoxy) is 1. The molecule has 12 heavy (non-hydrogen) atoms. The van der Waals surface area contributed by atoms with Gasteiger partial charge in [-0.3, -0.25) is 10.5 Å². The van der Waals surface area contributed by atoms with Crippen molar-refractivity contribution in [2.24, 2.45) is 11.7 Å². The van der Waals surface area contributed by atoms with Crippen LogP contribution in [0.3, 0.4) is 0 Å². The Balaban J connectivity index is 2.72. The maximum atomic E-state index is 10.5. The quantitative estimate of drug-likeness (QED) is 0.454. The van der Waals surface area contributed by atoms with Crippen LogP contribution < -0.4 is 5.73 Å². The molecule has 0 amide bonds. The van der Waals surface area contributed by atoms with Crippen LogP contribution in [0.15, 0.2) is 24.3 Å². The molecule has 4 nitrogen and oxygen atoms in total. The maximum Gasteiger partial charge on any atom is 0.314 e. The number of rotatable bonds is 2. The van der Waals surface area contributed by atoms with E-state index in [4.69, 9.17) is 15.6 Å². The molecule has 66 valence electrons. The number of aliphatic carboxylic acids is 1. The van der Waals surface area contributed by atoms with Crippen molar-refractivity contribution in [2.45, 2.75) is 5.72 Å². The van der Waals surface area contributed by atoms with E-state index < -0.39 is 17.6 Å². The molecule has 0 radical (unpaired) electrons. The third kappa shape index (κ3) is 1.72. The van der Waals surface area contributed by atoms with Crippen LogP contribution in [0, 0.1) is 5.92 Å². The number of methoxy groups -OCH3 is 1. The van der Waals surface area contributed by atoms with Gasteiger partial charge in [0.1, 0.15) is 0 Å². The molecule has 0 heterocycles. The van der Waals surface area contributed by atoms with Gasteiger partial charge in [0.15, 0.2) is 5.72 Å². The highest BCUT2D eigenvalue weighted by Gasteiger charge is 2.23. The Labute approximate surface area is 70.3 Å². The van der Waals surface area contributed by atoms with Crippen molar-refractivity contribution in [2.75, 3.05) is 7.11 Å². The molecule has 0 saturated carbocycles. The van der Waals surface area contributed by atoms with Gasteiger partial charge in [0.2, 0.25) is 0 Å². The molecule has 1 aliphatic carbocycles. The van der Waals surface area contributed by atoms with Crippen molar-refractivity contribution < 1.29 is 14.6 Å². The first-order valence-corrected chi connectivity index (χ1v) is 3.53. The first-order valence-electron chi connectivity index (χ1n) is 3.53. The van der Waals surface area contributed by atoms with Crippen LogP contribution in [-0.2, 0) is 9.53 Å². The van der Waals surface area contributed by atoms with Crippen molar-refractivity contribution in [3.05, 3.63) is 24.3 Å². The standard InChI is InChI=1S/C8H11NO3/c1-12-8(9)4-2-6(3-5-8)7(10)11/h2-6H,9H2,1H3,(H,10,11). The van der Waals surface area contributed by atoms with Crippen LogP contribution in [0.1, 0.15) is 0 Å². The Bertz CT molecular complexity index is 231. The van der Waals surface area contributed by atoms with E-state index in [0.717, 1.165) is 0 Å². The average Bonchev–Trinajstić information content (AvgIpc) is 2.05. The van der Waals surface area contributed by atoms with Crippen LogP contribution in [0.4, 0.5) is 0 Å². The Kier molecular flexibility index (Phi) is 2.30. The summed E-state index contributed by atoms with van der Waals surface area (Å²) in [6.45, 7) is 0. The Morgan fingerprint density at radius 2 is 2.08 bits per heavy atom. The van der Waals surface area contributed by atoms with Gasteiger partial charge < -0.3 is 9.84 Å². The fourth-order valence-corrected chi connectivity index (χ4v) is 0.929. The van der Waals surface area contributed by atoms with Crippen LogP contribution in [-0.4, -0.2) is 23.9 Å². The summed E-state index contributed by atoms with van der Waals surface area (Å²) in [5, 5.41) is 8.60. The molecule has 0 aromatic heterocycles. The molecule has 0 spiro atoms. The lowest BCUT2D eigenvalue weighted by molar-refractivity contribution is -0.138. The molecule has 1 rings (SSSR count). The SMILES string of the molecule is COC1(N)C=CC(C(=O)O)C=C1. The Morgan fingerprint density at radius 1 is 1.58 bits per heavy atom. The lowest BCUT2D eigenvalue weighted by Gasteiger charge is -2.23. The fraction of sp³-hybridized carbons (Fsp3) is 0.375. The summed E-state index contributed by atoms with van der Waals surface area (Å²) in [4.78, 5) is 10.5. The summed E-state index contributed by atoms with van der Waals surface area (Å²) in [5.74, 6) is -1.47. The highest BCUT2D eigenvalue weighted by molar-refractivity contribution is 5.75. The molecule has 0 atom stereocenters. The van der Waals surface area contributed by atoms with Crippen molar-refractivity contribution in [3.8, 4) is 0 Å². The molecular formula is C8H11NO3. The summed E-state index contributed by atoms with van der Waals surface area (Å²) in [5.41, 5.74) is 4.69. The average molecular weight is 169 g/mol. The third-order valence-corrected chi connectivity index (χ3v) is 1.77. The topological polar surface area (TPSA) is 72.5 Å². The second-order valence-corrected chi connectivity index (χ2v) is 2.64.